The highest BCUT2D eigenvalue weighted by molar-refractivity contribution is 7.13. The second-order valence-electron chi connectivity index (χ2n) is 7.10. The van der Waals surface area contributed by atoms with E-state index in [2.05, 4.69) is 10.4 Å². The van der Waals surface area contributed by atoms with Crippen LogP contribution in [0.15, 0.2) is 47.8 Å². The first-order valence-electron chi connectivity index (χ1n) is 9.72. The van der Waals surface area contributed by atoms with E-state index in [1.807, 2.05) is 47.8 Å². The van der Waals surface area contributed by atoms with Gasteiger partial charge in [-0.2, -0.15) is 5.10 Å². The molecule has 2 aromatic heterocycles. The molecule has 0 bridgehead atoms. The lowest BCUT2D eigenvalue weighted by Gasteiger charge is -2.23. The Morgan fingerprint density at radius 3 is 2.79 bits per heavy atom. The number of piperidine rings is 1. The summed E-state index contributed by atoms with van der Waals surface area (Å²) in [4.78, 5) is 15.6. The van der Waals surface area contributed by atoms with Gasteiger partial charge in [0, 0.05) is 5.02 Å². The molecule has 1 saturated heterocycles. The summed E-state index contributed by atoms with van der Waals surface area (Å²) in [5.74, 6) is -0.105. The standard InChI is InChI=1S/C21H23ClN4OS/c22-16-6-4-7-17(14-16)26-19(15-18(24-26)20-8-5-13-28-20)21(27)23-9-12-25-10-2-1-3-11-25/h4-8,13-15H,1-3,9-12H2,(H,23,27)/p+1. The zero-order valence-electron chi connectivity index (χ0n) is 15.7. The summed E-state index contributed by atoms with van der Waals surface area (Å²) in [6, 6.07) is 13.3. The van der Waals surface area contributed by atoms with Crippen LogP contribution >= 0.6 is 22.9 Å². The Morgan fingerprint density at radius 2 is 2.04 bits per heavy atom. The summed E-state index contributed by atoms with van der Waals surface area (Å²) in [6.45, 7) is 4.05. The molecule has 0 unspecified atom stereocenters. The molecule has 7 heteroatoms. The third-order valence-electron chi connectivity index (χ3n) is 5.09. The average Bonchev–Trinajstić information content (AvgIpc) is 3.38. The Bertz CT molecular complexity index is 932. The highest BCUT2D eigenvalue weighted by Gasteiger charge is 2.19. The molecule has 2 N–H and O–H groups in total. The first-order valence-corrected chi connectivity index (χ1v) is 11.0. The molecule has 1 fully saturated rings. The van der Waals surface area contributed by atoms with Crippen LogP contribution in [0.3, 0.4) is 0 Å². The summed E-state index contributed by atoms with van der Waals surface area (Å²) >= 11 is 7.77. The van der Waals surface area contributed by atoms with E-state index in [4.69, 9.17) is 11.6 Å². The molecule has 1 aliphatic heterocycles. The SMILES string of the molecule is O=C(NCC[NH+]1CCCCC1)c1cc(-c2cccs2)nn1-c1cccc(Cl)c1. The molecule has 1 aliphatic rings. The third-order valence-corrected chi connectivity index (χ3v) is 6.22. The minimum atomic E-state index is -0.105. The van der Waals surface area contributed by atoms with Gasteiger partial charge in [0.25, 0.3) is 5.91 Å². The molecule has 1 aromatic carbocycles. The first kappa shape index (κ1) is 19.2. The molecule has 0 aliphatic carbocycles. The molecule has 3 heterocycles. The molecule has 3 aromatic rings. The molecular formula is C21H24ClN4OS+. The molecule has 4 rings (SSSR count). The second kappa shape index (κ2) is 8.90. The first-order chi connectivity index (χ1) is 13.7. The van der Waals surface area contributed by atoms with Gasteiger partial charge in [0.2, 0.25) is 0 Å². The molecule has 5 nitrogen and oxygen atoms in total. The number of thiophene rings is 1. The van der Waals surface area contributed by atoms with Gasteiger partial charge in [0.1, 0.15) is 11.4 Å². The van der Waals surface area contributed by atoms with Gasteiger partial charge in [-0.1, -0.05) is 23.7 Å². The molecule has 1 amide bonds. The second-order valence-corrected chi connectivity index (χ2v) is 8.48. The van der Waals surface area contributed by atoms with Crippen molar-refractivity contribution < 1.29 is 9.69 Å². The van der Waals surface area contributed by atoms with Crippen molar-refractivity contribution in [3.05, 3.63) is 58.6 Å². The number of likely N-dealkylation sites (tertiary alicyclic amines) is 1. The third kappa shape index (κ3) is 4.46. The van der Waals surface area contributed by atoms with E-state index in [9.17, 15) is 4.79 Å². The van der Waals surface area contributed by atoms with Gasteiger partial charge in [-0.25, -0.2) is 4.68 Å². The van der Waals surface area contributed by atoms with Crippen molar-refractivity contribution in [3.63, 3.8) is 0 Å². The Kier molecular flexibility index (Phi) is 6.10. The van der Waals surface area contributed by atoms with Crippen molar-refractivity contribution in [2.45, 2.75) is 19.3 Å². The van der Waals surface area contributed by atoms with E-state index in [1.165, 1.54) is 32.4 Å². The maximum atomic E-state index is 12.9. The van der Waals surface area contributed by atoms with Crippen LogP contribution < -0.4 is 10.2 Å². The largest absolute Gasteiger partial charge is 0.345 e. The highest BCUT2D eigenvalue weighted by Crippen LogP contribution is 2.26. The average molecular weight is 416 g/mol. The number of carbonyl (C=O) groups is 1. The lowest BCUT2D eigenvalue weighted by Crippen LogP contribution is -3.13. The lowest BCUT2D eigenvalue weighted by molar-refractivity contribution is -0.903. The van der Waals surface area contributed by atoms with Crippen molar-refractivity contribution in [1.82, 2.24) is 15.1 Å². The summed E-state index contributed by atoms with van der Waals surface area (Å²) in [5.41, 5.74) is 2.10. The zero-order chi connectivity index (χ0) is 19.3. The smallest absolute Gasteiger partial charge is 0.270 e. The van der Waals surface area contributed by atoms with Crippen molar-refractivity contribution in [3.8, 4) is 16.3 Å². The highest BCUT2D eigenvalue weighted by atomic mass is 35.5. The van der Waals surface area contributed by atoms with E-state index < -0.39 is 0 Å². The van der Waals surface area contributed by atoms with Gasteiger partial charge in [-0.15, -0.1) is 11.3 Å². The number of quaternary nitrogens is 1. The Hall–Kier alpha value is -2.15. The number of hydrogen-bond acceptors (Lipinski definition) is 3. The summed E-state index contributed by atoms with van der Waals surface area (Å²) < 4.78 is 1.68. The predicted octanol–water partition coefficient (Wildman–Crippen LogP) is 3.05. The van der Waals surface area contributed by atoms with E-state index in [0.717, 1.165) is 22.8 Å². The van der Waals surface area contributed by atoms with Gasteiger partial charge in [0.15, 0.2) is 0 Å². The fraction of sp³-hybridized carbons (Fsp3) is 0.333. The predicted molar refractivity (Wildman–Crippen MR) is 114 cm³/mol. The normalized spacial score (nSPS) is 14.9. The summed E-state index contributed by atoms with van der Waals surface area (Å²) in [5, 5.41) is 10.4. The number of benzene rings is 1. The van der Waals surface area contributed by atoms with Crippen molar-refractivity contribution in [1.29, 1.82) is 0 Å². The monoisotopic (exact) mass is 415 g/mol. The van der Waals surface area contributed by atoms with Crippen LogP contribution in [-0.2, 0) is 0 Å². The molecule has 0 saturated carbocycles. The molecular weight excluding hydrogens is 392 g/mol. The van der Waals surface area contributed by atoms with Gasteiger partial charge < -0.3 is 10.2 Å². The zero-order valence-corrected chi connectivity index (χ0v) is 17.2. The van der Waals surface area contributed by atoms with Gasteiger partial charge in [-0.3, -0.25) is 4.79 Å². The number of aromatic nitrogens is 2. The Balaban J connectivity index is 1.54. The number of halogens is 1. The van der Waals surface area contributed by atoms with Gasteiger partial charge in [0.05, 0.1) is 36.7 Å². The van der Waals surface area contributed by atoms with Gasteiger partial charge >= 0.3 is 0 Å². The van der Waals surface area contributed by atoms with Crippen LogP contribution in [0.25, 0.3) is 16.3 Å². The maximum Gasteiger partial charge on any atom is 0.270 e. The molecule has 0 spiro atoms. The molecule has 0 radical (unpaired) electrons. The fourth-order valence-electron chi connectivity index (χ4n) is 3.64. The number of carbonyl (C=O) groups excluding carboxylic acids is 1. The van der Waals surface area contributed by atoms with Crippen LogP contribution in [0.1, 0.15) is 29.8 Å². The van der Waals surface area contributed by atoms with Crippen LogP contribution in [0.4, 0.5) is 0 Å². The van der Waals surface area contributed by atoms with Crippen LogP contribution in [0.2, 0.25) is 5.02 Å². The van der Waals surface area contributed by atoms with E-state index in [0.29, 0.717) is 17.3 Å². The van der Waals surface area contributed by atoms with Crippen LogP contribution in [0, 0.1) is 0 Å². The number of hydrogen-bond donors (Lipinski definition) is 2. The topological polar surface area (TPSA) is 51.4 Å². The molecule has 0 atom stereocenters. The number of amides is 1. The number of rotatable bonds is 6. The molecule has 28 heavy (non-hydrogen) atoms. The van der Waals surface area contributed by atoms with Crippen molar-refractivity contribution in [2.75, 3.05) is 26.2 Å². The van der Waals surface area contributed by atoms with Crippen molar-refractivity contribution in [2.24, 2.45) is 0 Å². The fourth-order valence-corrected chi connectivity index (χ4v) is 4.50. The number of nitrogens with zero attached hydrogens (tertiary/aromatic N) is 2. The Morgan fingerprint density at radius 1 is 1.18 bits per heavy atom. The number of nitrogens with one attached hydrogen (secondary N) is 2. The van der Waals surface area contributed by atoms with Crippen LogP contribution in [0.5, 0.6) is 0 Å². The minimum absolute atomic E-state index is 0.105. The Labute approximate surface area is 173 Å². The minimum Gasteiger partial charge on any atom is -0.345 e. The van der Waals surface area contributed by atoms with Crippen molar-refractivity contribution >= 4 is 28.8 Å². The van der Waals surface area contributed by atoms with Crippen LogP contribution in [-0.4, -0.2) is 41.9 Å². The van der Waals surface area contributed by atoms with E-state index in [1.54, 1.807) is 20.9 Å². The van der Waals surface area contributed by atoms with E-state index in [-0.39, 0.29) is 5.91 Å². The summed E-state index contributed by atoms with van der Waals surface area (Å²) in [7, 11) is 0. The van der Waals surface area contributed by atoms with Gasteiger partial charge in [-0.05, 0) is 55.0 Å². The summed E-state index contributed by atoms with van der Waals surface area (Å²) in [6.07, 6.45) is 3.91. The quantitative estimate of drug-likeness (QED) is 0.650. The molecule has 146 valence electrons. The lowest BCUT2D eigenvalue weighted by atomic mass is 10.1. The maximum absolute atomic E-state index is 12.9. The van der Waals surface area contributed by atoms with E-state index >= 15 is 0 Å².